The van der Waals surface area contributed by atoms with Gasteiger partial charge in [-0.3, -0.25) is 9.59 Å². The number of nitrogens with one attached hydrogen (secondary N) is 2. The van der Waals surface area contributed by atoms with Gasteiger partial charge in [-0.05, 0) is 42.3 Å². The first-order valence-electron chi connectivity index (χ1n) is 8.04. The number of carbonyl (C=O) groups excluding carboxylic acids is 3. The fourth-order valence-corrected chi connectivity index (χ4v) is 2.44. The molecule has 0 bridgehead atoms. The zero-order chi connectivity index (χ0) is 19.8. The summed E-state index contributed by atoms with van der Waals surface area (Å²) < 4.78 is 9.75. The Balaban J connectivity index is 1.92. The van der Waals surface area contributed by atoms with Crippen molar-refractivity contribution in [3.05, 3.63) is 58.6 Å². The van der Waals surface area contributed by atoms with Crippen LogP contribution < -0.4 is 15.4 Å². The highest BCUT2D eigenvalue weighted by molar-refractivity contribution is 6.41. The van der Waals surface area contributed by atoms with Crippen LogP contribution in [-0.2, 0) is 20.7 Å². The van der Waals surface area contributed by atoms with Gasteiger partial charge < -0.3 is 20.1 Å². The maximum absolute atomic E-state index is 12.0. The number of esters is 1. The Hall–Kier alpha value is -3.06. The second kappa shape index (κ2) is 9.59. The molecule has 0 aliphatic heterocycles. The lowest BCUT2D eigenvalue weighted by atomic mass is 10.1. The predicted molar refractivity (Wildman–Crippen MR) is 101 cm³/mol. The van der Waals surface area contributed by atoms with Crippen molar-refractivity contribution in [1.29, 1.82) is 0 Å². The fourth-order valence-electron chi connectivity index (χ4n) is 2.27. The number of hydrogen-bond donors (Lipinski definition) is 2. The number of hydrogen-bond acceptors (Lipinski definition) is 5. The van der Waals surface area contributed by atoms with Crippen LogP contribution in [0.1, 0.15) is 15.9 Å². The Morgan fingerprint density at radius 2 is 1.81 bits per heavy atom. The third-order valence-corrected chi connectivity index (χ3v) is 4.00. The first kappa shape index (κ1) is 20.3. The molecule has 0 aromatic heterocycles. The van der Waals surface area contributed by atoms with E-state index in [2.05, 4.69) is 15.4 Å². The van der Waals surface area contributed by atoms with E-state index in [0.717, 1.165) is 11.3 Å². The van der Waals surface area contributed by atoms with Crippen LogP contribution in [0.25, 0.3) is 0 Å². The van der Waals surface area contributed by atoms with Crippen LogP contribution in [0.3, 0.4) is 0 Å². The molecule has 0 fully saturated rings. The van der Waals surface area contributed by atoms with E-state index in [9.17, 15) is 14.4 Å². The molecule has 2 N–H and O–H groups in total. The van der Waals surface area contributed by atoms with Gasteiger partial charge in [0, 0.05) is 6.54 Å². The number of amides is 2. The Morgan fingerprint density at radius 1 is 1.04 bits per heavy atom. The van der Waals surface area contributed by atoms with Crippen LogP contribution in [0, 0.1) is 0 Å². The lowest BCUT2D eigenvalue weighted by Crippen LogP contribution is -2.36. The molecule has 0 atom stereocenters. The largest absolute Gasteiger partial charge is 0.497 e. The molecule has 0 aliphatic carbocycles. The van der Waals surface area contributed by atoms with Gasteiger partial charge in [0.1, 0.15) is 5.75 Å². The molecule has 0 aliphatic rings. The van der Waals surface area contributed by atoms with Crippen LogP contribution in [-0.4, -0.2) is 38.5 Å². The van der Waals surface area contributed by atoms with Crippen molar-refractivity contribution in [3.8, 4) is 5.75 Å². The molecule has 2 rings (SSSR count). The molecule has 0 radical (unpaired) electrons. The van der Waals surface area contributed by atoms with E-state index < -0.39 is 17.8 Å². The second-order valence-corrected chi connectivity index (χ2v) is 5.90. The van der Waals surface area contributed by atoms with Crippen LogP contribution in [0.5, 0.6) is 5.75 Å². The van der Waals surface area contributed by atoms with Crippen molar-refractivity contribution >= 4 is 35.1 Å². The van der Waals surface area contributed by atoms with E-state index in [1.54, 1.807) is 7.11 Å². The van der Waals surface area contributed by atoms with Gasteiger partial charge in [-0.2, -0.15) is 0 Å². The maximum Gasteiger partial charge on any atom is 0.337 e. The number of benzene rings is 2. The minimum absolute atomic E-state index is 0.146. The van der Waals surface area contributed by atoms with E-state index in [-0.39, 0.29) is 22.8 Å². The maximum atomic E-state index is 12.0. The molecule has 0 saturated heterocycles. The van der Waals surface area contributed by atoms with Crippen molar-refractivity contribution in [3.63, 3.8) is 0 Å². The normalized spacial score (nSPS) is 10.0. The fraction of sp³-hybridized carbons (Fsp3) is 0.211. The van der Waals surface area contributed by atoms with Crippen molar-refractivity contribution in [2.75, 3.05) is 26.1 Å². The van der Waals surface area contributed by atoms with Gasteiger partial charge in [0.25, 0.3) is 0 Å². The topological polar surface area (TPSA) is 93.7 Å². The van der Waals surface area contributed by atoms with Crippen molar-refractivity contribution in [1.82, 2.24) is 5.32 Å². The third kappa shape index (κ3) is 5.72. The summed E-state index contributed by atoms with van der Waals surface area (Å²) in [5.74, 6) is -1.55. The summed E-state index contributed by atoms with van der Waals surface area (Å²) in [5, 5.41) is 5.11. The minimum atomic E-state index is -0.885. The zero-order valence-electron chi connectivity index (χ0n) is 14.9. The summed E-state index contributed by atoms with van der Waals surface area (Å²) in [6.07, 6.45) is 0.537. The van der Waals surface area contributed by atoms with Gasteiger partial charge in [-0.25, -0.2) is 4.79 Å². The molecule has 8 heteroatoms. The molecule has 142 valence electrons. The van der Waals surface area contributed by atoms with E-state index in [4.69, 9.17) is 16.3 Å². The number of methoxy groups -OCH3 is 2. The average molecular weight is 391 g/mol. The molecule has 27 heavy (non-hydrogen) atoms. The highest BCUT2D eigenvalue weighted by Crippen LogP contribution is 2.23. The number of carbonyl (C=O) groups is 3. The van der Waals surface area contributed by atoms with Crippen molar-refractivity contribution in [2.45, 2.75) is 6.42 Å². The van der Waals surface area contributed by atoms with E-state index in [1.807, 2.05) is 24.3 Å². The Kier molecular flexibility index (Phi) is 7.19. The van der Waals surface area contributed by atoms with E-state index >= 15 is 0 Å². The summed E-state index contributed by atoms with van der Waals surface area (Å²) in [4.78, 5) is 35.6. The van der Waals surface area contributed by atoms with Gasteiger partial charge >= 0.3 is 17.8 Å². The molecule has 2 aromatic carbocycles. The second-order valence-electron chi connectivity index (χ2n) is 5.50. The minimum Gasteiger partial charge on any atom is -0.497 e. The Morgan fingerprint density at radius 3 is 2.52 bits per heavy atom. The van der Waals surface area contributed by atoms with Crippen LogP contribution in [0.15, 0.2) is 42.5 Å². The van der Waals surface area contributed by atoms with E-state index in [0.29, 0.717) is 6.42 Å². The quantitative estimate of drug-likeness (QED) is 0.583. The third-order valence-electron chi connectivity index (χ3n) is 3.68. The molecule has 0 saturated carbocycles. The van der Waals surface area contributed by atoms with Crippen LogP contribution in [0.4, 0.5) is 5.69 Å². The summed E-state index contributed by atoms with van der Waals surface area (Å²) >= 11 is 6.00. The number of anilines is 1. The average Bonchev–Trinajstić information content (AvgIpc) is 2.69. The molecule has 0 unspecified atom stereocenters. The monoisotopic (exact) mass is 390 g/mol. The van der Waals surface area contributed by atoms with Crippen LogP contribution in [0.2, 0.25) is 5.02 Å². The molecule has 2 amide bonds. The lowest BCUT2D eigenvalue weighted by molar-refractivity contribution is -0.136. The standard InChI is InChI=1S/C19H19ClN2O5/c1-26-14-5-3-4-12(10-14)8-9-21-17(23)18(24)22-16-11-13(19(25)27-2)6-7-15(16)20/h3-7,10-11H,8-9H2,1-2H3,(H,21,23)(H,22,24). The van der Waals surface area contributed by atoms with Gasteiger partial charge in [-0.15, -0.1) is 0 Å². The van der Waals surface area contributed by atoms with E-state index in [1.165, 1.54) is 25.3 Å². The SMILES string of the molecule is COC(=O)c1ccc(Cl)c(NC(=O)C(=O)NCCc2cccc(OC)c2)c1. The smallest absolute Gasteiger partial charge is 0.337 e. The van der Waals surface area contributed by atoms with Gasteiger partial charge in [-0.1, -0.05) is 23.7 Å². The highest BCUT2D eigenvalue weighted by Gasteiger charge is 2.16. The van der Waals surface area contributed by atoms with Crippen molar-refractivity contribution < 1.29 is 23.9 Å². The first-order valence-corrected chi connectivity index (χ1v) is 8.42. The van der Waals surface area contributed by atoms with Gasteiger partial charge in [0.2, 0.25) is 0 Å². The lowest BCUT2D eigenvalue weighted by Gasteiger charge is -2.09. The Bertz CT molecular complexity index is 854. The summed E-state index contributed by atoms with van der Waals surface area (Å²) in [7, 11) is 2.82. The zero-order valence-corrected chi connectivity index (χ0v) is 15.6. The first-order chi connectivity index (χ1) is 12.9. The molecule has 7 nitrogen and oxygen atoms in total. The molecular weight excluding hydrogens is 372 g/mol. The number of rotatable bonds is 6. The van der Waals surface area contributed by atoms with Crippen LogP contribution >= 0.6 is 11.6 Å². The van der Waals surface area contributed by atoms with Gasteiger partial charge in [0.05, 0.1) is 30.5 Å². The summed E-state index contributed by atoms with van der Waals surface area (Å²) in [6, 6.07) is 11.6. The summed E-state index contributed by atoms with van der Waals surface area (Å²) in [6.45, 7) is 0.273. The molecule has 2 aromatic rings. The van der Waals surface area contributed by atoms with Crippen molar-refractivity contribution in [2.24, 2.45) is 0 Å². The molecule has 0 heterocycles. The predicted octanol–water partition coefficient (Wildman–Crippen LogP) is 2.43. The number of halogens is 1. The Labute approximate surface area is 161 Å². The number of ether oxygens (including phenoxy) is 2. The van der Waals surface area contributed by atoms with Gasteiger partial charge in [0.15, 0.2) is 0 Å². The highest BCUT2D eigenvalue weighted by atomic mass is 35.5. The molecule has 0 spiro atoms. The molecular formula is C19H19ClN2O5. The summed E-state index contributed by atoms with van der Waals surface area (Å²) in [5.41, 5.74) is 1.31.